The molecule has 0 N–H and O–H groups in total. The molecule has 30 heavy (non-hydrogen) atoms. The molecular formula is C21H37F3N2O3S. The Morgan fingerprint density at radius 2 is 1.33 bits per heavy atom. The van der Waals surface area contributed by atoms with E-state index in [0.717, 1.165) is 6.54 Å². The zero-order valence-electron chi connectivity index (χ0n) is 18.1. The van der Waals surface area contributed by atoms with E-state index in [2.05, 4.69) is 36.8 Å². The van der Waals surface area contributed by atoms with Crippen molar-refractivity contribution in [2.45, 2.75) is 102 Å². The fourth-order valence-electron chi connectivity index (χ4n) is 2.96. The second-order valence-electron chi connectivity index (χ2n) is 7.42. The Morgan fingerprint density at radius 3 is 1.67 bits per heavy atom. The van der Waals surface area contributed by atoms with E-state index < -0.39 is 15.6 Å². The Hall–Kier alpha value is -1.35. The number of aromatic nitrogens is 2. The van der Waals surface area contributed by atoms with Crippen molar-refractivity contribution in [2.75, 3.05) is 0 Å². The number of imidazole rings is 1. The maximum atomic E-state index is 10.7. The molecule has 0 unspecified atom stereocenters. The molecule has 0 radical (unpaired) electrons. The molecule has 0 fully saturated rings. The van der Waals surface area contributed by atoms with Crippen LogP contribution in [0.3, 0.4) is 0 Å². The predicted molar refractivity (Wildman–Crippen MR) is 112 cm³/mol. The Balaban J connectivity index is 0.000000890. The Bertz CT molecular complexity index is 659. The van der Waals surface area contributed by atoms with E-state index in [1.165, 1.54) is 83.5 Å². The Labute approximate surface area is 179 Å². The maximum absolute atomic E-state index is 10.7. The first kappa shape index (κ1) is 28.6. The summed E-state index contributed by atoms with van der Waals surface area (Å²) in [6, 6.07) is 0. The molecule has 1 aromatic rings. The smallest absolute Gasteiger partial charge is 0.485 e. The van der Waals surface area contributed by atoms with E-state index in [1.807, 2.05) is 10.8 Å². The van der Waals surface area contributed by atoms with Crippen LogP contribution in [-0.2, 0) is 16.7 Å². The first-order valence-corrected chi connectivity index (χ1v) is 12.2. The lowest BCUT2D eigenvalue weighted by molar-refractivity contribution is -0.696. The largest absolute Gasteiger partial charge is 0.741 e. The van der Waals surface area contributed by atoms with Crippen LogP contribution in [0.4, 0.5) is 13.2 Å². The molecular weight excluding hydrogens is 417 g/mol. The highest BCUT2D eigenvalue weighted by atomic mass is 32.2. The highest BCUT2D eigenvalue weighted by Crippen LogP contribution is 2.20. The molecule has 0 atom stereocenters. The van der Waals surface area contributed by atoms with Crippen molar-refractivity contribution >= 4 is 16.3 Å². The van der Waals surface area contributed by atoms with Gasteiger partial charge in [-0.3, -0.25) is 0 Å². The van der Waals surface area contributed by atoms with Gasteiger partial charge in [0, 0.05) is 0 Å². The molecule has 0 saturated carbocycles. The van der Waals surface area contributed by atoms with Crippen LogP contribution in [-0.4, -0.2) is 23.0 Å². The summed E-state index contributed by atoms with van der Waals surface area (Å²) in [4.78, 5) is 0. The number of hydrogen-bond donors (Lipinski definition) is 0. The fourth-order valence-corrected chi connectivity index (χ4v) is 2.96. The summed E-state index contributed by atoms with van der Waals surface area (Å²) in [6.45, 7) is 7.19. The molecule has 0 aliphatic heterocycles. The number of alkyl halides is 3. The van der Waals surface area contributed by atoms with E-state index in [-0.39, 0.29) is 0 Å². The number of aryl methyl sites for hydroxylation is 1. The van der Waals surface area contributed by atoms with Gasteiger partial charge in [-0.05, 0) is 12.8 Å². The van der Waals surface area contributed by atoms with Gasteiger partial charge in [0.05, 0.1) is 12.7 Å². The van der Waals surface area contributed by atoms with Crippen molar-refractivity contribution in [2.24, 2.45) is 0 Å². The zero-order chi connectivity index (χ0) is 22.9. The van der Waals surface area contributed by atoms with Gasteiger partial charge in [-0.25, -0.2) is 17.6 Å². The summed E-state index contributed by atoms with van der Waals surface area (Å²) >= 11 is 0. The minimum atomic E-state index is -6.09. The second-order valence-corrected chi connectivity index (χ2v) is 8.79. The number of unbranched alkanes of at least 4 members (excludes halogenated alkanes) is 12. The topological polar surface area (TPSA) is 66.0 Å². The van der Waals surface area contributed by atoms with Crippen LogP contribution < -0.4 is 4.57 Å². The molecule has 0 aromatic carbocycles. The van der Waals surface area contributed by atoms with Crippen LogP contribution in [0.2, 0.25) is 0 Å². The van der Waals surface area contributed by atoms with Gasteiger partial charge in [0.1, 0.15) is 12.4 Å². The van der Waals surface area contributed by atoms with Gasteiger partial charge >= 0.3 is 5.51 Å². The summed E-state index contributed by atoms with van der Waals surface area (Å²) in [5, 5.41) is 0. The summed E-state index contributed by atoms with van der Waals surface area (Å²) in [5.41, 5.74) is -5.65. The van der Waals surface area contributed by atoms with Gasteiger partial charge < -0.3 is 4.55 Å². The molecule has 0 aliphatic carbocycles. The van der Waals surface area contributed by atoms with Gasteiger partial charge in [-0.15, -0.1) is 0 Å². The molecule has 0 bridgehead atoms. The minimum Gasteiger partial charge on any atom is -0.741 e. The third-order valence-corrected chi connectivity index (χ3v) is 5.29. The molecule has 1 aromatic heterocycles. The molecule has 1 heterocycles. The fraction of sp³-hybridized carbons (Fsp3) is 0.762. The van der Waals surface area contributed by atoms with Gasteiger partial charge in [0.2, 0.25) is 6.33 Å². The van der Waals surface area contributed by atoms with Crippen molar-refractivity contribution < 1.29 is 30.7 Å². The molecule has 0 saturated heterocycles. The van der Waals surface area contributed by atoms with Crippen molar-refractivity contribution in [3.63, 3.8) is 0 Å². The highest BCUT2D eigenvalue weighted by molar-refractivity contribution is 7.86. The molecule has 176 valence electrons. The average Bonchev–Trinajstić information content (AvgIpc) is 3.12. The lowest BCUT2D eigenvalue weighted by atomic mass is 10.0. The normalized spacial score (nSPS) is 11.8. The first-order valence-electron chi connectivity index (χ1n) is 10.8. The van der Waals surface area contributed by atoms with E-state index >= 15 is 0 Å². The van der Waals surface area contributed by atoms with Crippen molar-refractivity contribution in [3.8, 4) is 0 Å². The monoisotopic (exact) mass is 454 g/mol. The van der Waals surface area contributed by atoms with E-state index in [9.17, 15) is 13.2 Å². The number of nitrogens with zero attached hydrogens (tertiary/aromatic N) is 2. The summed E-state index contributed by atoms with van der Waals surface area (Å²) < 4.78 is 63.2. The number of hydrogen-bond acceptors (Lipinski definition) is 3. The van der Waals surface area contributed by atoms with Crippen LogP contribution in [0.25, 0.3) is 6.20 Å². The van der Waals surface area contributed by atoms with E-state index in [4.69, 9.17) is 13.0 Å². The van der Waals surface area contributed by atoms with Crippen LogP contribution in [0.5, 0.6) is 0 Å². The SMILES string of the molecule is C=Cn1cc[n+](CCCCCCCCCCCCCCC)c1.O=S(=O)([O-])C(F)(F)F. The molecule has 0 spiro atoms. The van der Waals surface area contributed by atoms with Crippen molar-refractivity contribution in [1.82, 2.24) is 4.57 Å². The van der Waals surface area contributed by atoms with Crippen LogP contribution >= 0.6 is 0 Å². The third kappa shape index (κ3) is 15.5. The third-order valence-electron chi connectivity index (χ3n) is 4.73. The van der Waals surface area contributed by atoms with Crippen molar-refractivity contribution in [3.05, 3.63) is 25.3 Å². The maximum Gasteiger partial charge on any atom is 0.485 e. The van der Waals surface area contributed by atoms with Crippen LogP contribution in [0.15, 0.2) is 25.3 Å². The molecule has 1 rings (SSSR count). The lowest BCUT2D eigenvalue weighted by Crippen LogP contribution is -2.30. The molecule has 0 amide bonds. The molecule has 9 heteroatoms. The number of halogens is 3. The zero-order valence-corrected chi connectivity index (χ0v) is 18.9. The first-order chi connectivity index (χ1) is 14.1. The Kier molecular flexibility index (Phi) is 15.6. The lowest BCUT2D eigenvalue weighted by Gasteiger charge is -2.08. The van der Waals surface area contributed by atoms with E-state index in [1.54, 1.807) is 0 Å². The van der Waals surface area contributed by atoms with E-state index in [0.29, 0.717) is 0 Å². The number of rotatable bonds is 15. The molecule has 0 aliphatic rings. The van der Waals surface area contributed by atoms with Crippen LogP contribution in [0, 0.1) is 0 Å². The Morgan fingerprint density at radius 1 is 0.933 bits per heavy atom. The summed E-state index contributed by atoms with van der Waals surface area (Å²) in [7, 11) is -6.09. The average molecular weight is 455 g/mol. The van der Waals surface area contributed by atoms with Crippen molar-refractivity contribution in [1.29, 1.82) is 0 Å². The standard InChI is InChI=1S/C20H37N2.CHF3O3S/c1-3-5-6-7-8-9-10-11-12-13-14-15-16-17-22-19-18-21(4-2)20-22;2-1(3,4)8(5,6)7/h4,18-20H,2-3,5-17H2,1H3;(H,5,6,7)/q+1;/p-1. The quantitative estimate of drug-likeness (QED) is 0.141. The molecule has 5 nitrogen and oxygen atoms in total. The van der Waals surface area contributed by atoms with Gasteiger partial charge in [0.25, 0.3) is 0 Å². The summed E-state index contributed by atoms with van der Waals surface area (Å²) in [6.07, 6.45) is 26.6. The highest BCUT2D eigenvalue weighted by Gasteiger charge is 2.36. The van der Waals surface area contributed by atoms with Gasteiger partial charge in [-0.2, -0.15) is 13.2 Å². The van der Waals surface area contributed by atoms with Gasteiger partial charge in [0.15, 0.2) is 10.1 Å². The van der Waals surface area contributed by atoms with Crippen LogP contribution in [0.1, 0.15) is 90.4 Å². The van der Waals surface area contributed by atoms with Gasteiger partial charge in [-0.1, -0.05) is 84.1 Å². The second kappa shape index (κ2) is 16.4. The predicted octanol–water partition coefficient (Wildman–Crippen LogP) is 6.02. The minimum absolute atomic E-state index is 1.14. The summed E-state index contributed by atoms with van der Waals surface area (Å²) in [5.74, 6) is 0.